The summed E-state index contributed by atoms with van der Waals surface area (Å²) in [5, 5.41) is 0. The summed E-state index contributed by atoms with van der Waals surface area (Å²) >= 11 is 0. The lowest BCUT2D eigenvalue weighted by Crippen LogP contribution is -1.73. The molecule has 0 aliphatic heterocycles. The summed E-state index contributed by atoms with van der Waals surface area (Å²) < 4.78 is 0. The Morgan fingerprint density at radius 1 is 0.882 bits per heavy atom. The largest absolute Gasteiger partial charge is 0.234 e. The number of rotatable bonds is 2. The van der Waals surface area contributed by atoms with Crippen LogP contribution in [0.1, 0.15) is 6.92 Å². The number of carbonyl (C=O) groups excluding carboxylic acids is 1. The average Bonchev–Trinajstić information content (AvgIpc) is 2.42. The fourth-order valence-electron chi connectivity index (χ4n) is 1.33. The van der Waals surface area contributed by atoms with Crippen molar-refractivity contribution in [1.29, 1.82) is 0 Å². The second-order valence-electron chi connectivity index (χ2n) is 3.30. The zero-order valence-corrected chi connectivity index (χ0v) is 9.84. The maximum absolute atomic E-state index is 9.11. The van der Waals surface area contributed by atoms with Crippen LogP contribution < -0.4 is 0 Å². The molecular formula is C15H15NO. The third kappa shape index (κ3) is 4.92. The topological polar surface area (TPSA) is 29.4 Å². The molecule has 0 aromatic heterocycles. The molecule has 2 aromatic carbocycles. The predicted octanol–water partition coefficient (Wildman–Crippen LogP) is 3.70. The van der Waals surface area contributed by atoms with Crippen LogP contribution in [0.2, 0.25) is 0 Å². The Kier molecular flexibility index (Phi) is 6.09. The fourth-order valence-corrected chi connectivity index (χ4v) is 1.33. The zero-order chi connectivity index (χ0) is 12.3. The molecule has 17 heavy (non-hydrogen) atoms. The van der Waals surface area contributed by atoms with Crippen LogP contribution in [0.15, 0.2) is 65.7 Å². The highest BCUT2D eigenvalue weighted by Gasteiger charge is 1.91. The quantitative estimate of drug-likeness (QED) is 0.566. The molecule has 0 aliphatic carbocycles. The van der Waals surface area contributed by atoms with Gasteiger partial charge in [0.15, 0.2) is 0 Å². The van der Waals surface area contributed by atoms with Crippen molar-refractivity contribution >= 4 is 6.08 Å². The van der Waals surface area contributed by atoms with Crippen LogP contribution in [0.4, 0.5) is 0 Å². The van der Waals surface area contributed by atoms with Crippen molar-refractivity contribution in [1.82, 2.24) is 0 Å². The van der Waals surface area contributed by atoms with Crippen LogP contribution in [-0.2, 0) is 4.79 Å². The van der Waals surface area contributed by atoms with Gasteiger partial charge < -0.3 is 0 Å². The first-order chi connectivity index (χ1) is 8.38. The minimum absolute atomic E-state index is 0.545. The molecule has 0 saturated carbocycles. The Bertz CT molecular complexity index is 421. The molecule has 0 N–H and O–H groups in total. The van der Waals surface area contributed by atoms with E-state index >= 15 is 0 Å². The standard InChI is InChI=1S/C12H10.C3H5NO/c1-3-7-11(8-4-1)12-9-5-2-6-10-12;1-2-4-3-5/h1-10H;2H2,1H3. The molecule has 0 fully saturated rings. The van der Waals surface area contributed by atoms with Gasteiger partial charge in [0.05, 0.1) is 0 Å². The molecule has 2 rings (SSSR count). The molecule has 0 saturated heterocycles. The lowest BCUT2D eigenvalue weighted by Gasteiger charge is -1.98. The number of hydrogen-bond donors (Lipinski definition) is 0. The van der Waals surface area contributed by atoms with Crippen molar-refractivity contribution in [3.05, 3.63) is 60.7 Å². The van der Waals surface area contributed by atoms with Crippen molar-refractivity contribution in [3.8, 4) is 11.1 Å². The Hall–Kier alpha value is -2.18. The van der Waals surface area contributed by atoms with Gasteiger partial charge in [-0.05, 0) is 18.1 Å². The van der Waals surface area contributed by atoms with E-state index in [9.17, 15) is 0 Å². The van der Waals surface area contributed by atoms with Crippen molar-refractivity contribution in [2.75, 3.05) is 6.54 Å². The third-order valence-electron chi connectivity index (χ3n) is 2.10. The van der Waals surface area contributed by atoms with Crippen LogP contribution in [0.5, 0.6) is 0 Å². The maximum atomic E-state index is 9.11. The van der Waals surface area contributed by atoms with Crippen LogP contribution >= 0.6 is 0 Å². The first-order valence-electron chi connectivity index (χ1n) is 5.52. The minimum Gasteiger partial charge on any atom is -0.211 e. The summed E-state index contributed by atoms with van der Waals surface area (Å²) in [6.45, 7) is 2.33. The van der Waals surface area contributed by atoms with Crippen molar-refractivity contribution in [2.45, 2.75) is 6.92 Å². The van der Waals surface area contributed by atoms with Crippen molar-refractivity contribution < 1.29 is 4.79 Å². The van der Waals surface area contributed by atoms with E-state index in [2.05, 4.69) is 53.5 Å². The third-order valence-corrected chi connectivity index (χ3v) is 2.10. The number of hydrogen-bond acceptors (Lipinski definition) is 2. The highest BCUT2D eigenvalue weighted by Crippen LogP contribution is 2.17. The van der Waals surface area contributed by atoms with Gasteiger partial charge in [-0.2, -0.15) is 0 Å². The van der Waals surface area contributed by atoms with E-state index in [0.29, 0.717) is 6.54 Å². The van der Waals surface area contributed by atoms with Gasteiger partial charge >= 0.3 is 0 Å². The summed E-state index contributed by atoms with van der Waals surface area (Å²) in [4.78, 5) is 12.3. The van der Waals surface area contributed by atoms with Gasteiger partial charge in [0.2, 0.25) is 6.08 Å². The molecule has 0 radical (unpaired) electrons. The SMILES string of the molecule is CCN=C=O.c1ccc(-c2ccccc2)cc1. The fraction of sp³-hybridized carbons (Fsp3) is 0.133. The first kappa shape index (κ1) is 12.9. The van der Waals surface area contributed by atoms with E-state index in [4.69, 9.17) is 4.79 Å². The van der Waals surface area contributed by atoms with E-state index in [1.807, 2.05) is 12.1 Å². The smallest absolute Gasteiger partial charge is 0.211 e. The molecule has 2 aromatic rings. The van der Waals surface area contributed by atoms with Gasteiger partial charge in [-0.1, -0.05) is 60.7 Å². The van der Waals surface area contributed by atoms with Gasteiger partial charge in [0.1, 0.15) is 0 Å². The van der Waals surface area contributed by atoms with E-state index < -0.39 is 0 Å². The second kappa shape index (κ2) is 8.03. The molecule has 0 amide bonds. The Morgan fingerprint density at radius 3 is 1.53 bits per heavy atom. The summed E-state index contributed by atoms with van der Waals surface area (Å²) in [5.41, 5.74) is 2.55. The molecule has 0 heterocycles. The number of aliphatic imine (C=N–C) groups is 1. The summed E-state index contributed by atoms with van der Waals surface area (Å²) in [7, 11) is 0. The predicted molar refractivity (Wildman–Crippen MR) is 70.5 cm³/mol. The molecule has 86 valence electrons. The zero-order valence-electron chi connectivity index (χ0n) is 9.84. The van der Waals surface area contributed by atoms with Crippen molar-refractivity contribution in [3.63, 3.8) is 0 Å². The molecule has 2 nitrogen and oxygen atoms in total. The van der Waals surface area contributed by atoms with E-state index in [0.717, 1.165) is 0 Å². The van der Waals surface area contributed by atoms with E-state index in [1.54, 1.807) is 6.92 Å². The highest BCUT2D eigenvalue weighted by molar-refractivity contribution is 5.62. The molecule has 0 bridgehead atoms. The summed E-state index contributed by atoms with van der Waals surface area (Å²) in [6.07, 6.45) is 1.39. The normalized spacial score (nSPS) is 8.53. The maximum Gasteiger partial charge on any atom is 0.234 e. The van der Waals surface area contributed by atoms with Gasteiger partial charge in [-0.15, -0.1) is 0 Å². The minimum atomic E-state index is 0.545. The van der Waals surface area contributed by atoms with Crippen LogP contribution in [0, 0.1) is 0 Å². The summed E-state index contributed by atoms with van der Waals surface area (Å²) in [5.74, 6) is 0. The van der Waals surface area contributed by atoms with Crippen LogP contribution in [0.25, 0.3) is 11.1 Å². The molecule has 0 atom stereocenters. The summed E-state index contributed by atoms with van der Waals surface area (Å²) in [6, 6.07) is 20.8. The molecule has 0 spiro atoms. The van der Waals surface area contributed by atoms with Gasteiger partial charge in [0.25, 0.3) is 0 Å². The second-order valence-corrected chi connectivity index (χ2v) is 3.30. The lowest BCUT2D eigenvalue weighted by molar-refractivity contribution is 0.563. The van der Waals surface area contributed by atoms with Gasteiger partial charge in [-0.25, -0.2) is 9.79 Å². The highest BCUT2D eigenvalue weighted by atomic mass is 16.1. The first-order valence-corrected chi connectivity index (χ1v) is 5.52. The molecule has 2 heteroatoms. The number of benzene rings is 2. The number of nitrogens with zero attached hydrogens (tertiary/aromatic N) is 1. The van der Waals surface area contributed by atoms with Gasteiger partial charge in [0, 0.05) is 6.54 Å². The Morgan fingerprint density at radius 2 is 1.29 bits per heavy atom. The van der Waals surface area contributed by atoms with Crippen molar-refractivity contribution in [2.24, 2.45) is 4.99 Å². The van der Waals surface area contributed by atoms with E-state index in [-0.39, 0.29) is 0 Å². The van der Waals surface area contributed by atoms with E-state index in [1.165, 1.54) is 17.2 Å². The average molecular weight is 225 g/mol. The Balaban J connectivity index is 0.000000249. The molecule has 0 aliphatic rings. The lowest BCUT2D eigenvalue weighted by atomic mass is 10.1. The van der Waals surface area contributed by atoms with Crippen LogP contribution in [-0.4, -0.2) is 12.6 Å². The Labute approximate surface area is 102 Å². The van der Waals surface area contributed by atoms with Crippen LogP contribution in [0.3, 0.4) is 0 Å². The number of isocyanates is 1. The molecule has 0 unspecified atom stereocenters. The van der Waals surface area contributed by atoms with Gasteiger partial charge in [-0.3, -0.25) is 0 Å². The monoisotopic (exact) mass is 225 g/mol. The molecular weight excluding hydrogens is 210 g/mol.